The fourth-order valence-electron chi connectivity index (χ4n) is 13.3. The van der Waals surface area contributed by atoms with Crippen LogP contribution in [0.25, 0.3) is 6.08 Å². The fourth-order valence-corrected chi connectivity index (χ4v) is 13.3. The Morgan fingerprint density at radius 1 is 0.474 bits per heavy atom. The summed E-state index contributed by atoms with van der Waals surface area (Å²) in [5.74, 6) is -3.09. The number of rotatable bonds is 28. The van der Waals surface area contributed by atoms with Crippen LogP contribution in [0.4, 0.5) is 0 Å². The minimum atomic E-state index is -2.05. The highest BCUT2D eigenvalue weighted by Crippen LogP contribution is 2.40. The molecule has 0 unspecified atom stereocenters. The van der Waals surface area contributed by atoms with Crippen LogP contribution < -0.4 is 0 Å². The number of aliphatic hydroxyl groups is 8. The van der Waals surface area contributed by atoms with Gasteiger partial charge in [0.05, 0.1) is 37.1 Å². The maximum absolute atomic E-state index is 14.5. The Morgan fingerprint density at radius 3 is 1.71 bits per heavy atom. The third-order valence-electron chi connectivity index (χ3n) is 19.1. The van der Waals surface area contributed by atoms with E-state index < -0.39 is 184 Å². The fraction of sp³-hybridized carbons (Fsp3) is 0.831. The van der Waals surface area contributed by atoms with Crippen LogP contribution in [0.15, 0.2) is 36.4 Å². The molecule has 1 aromatic carbocycles. The molecule has 26 atom stereocenters. The second-order valence-electron chi connectivity index (χ2n) is 27.0. The Balaban J connectivity index is 1.25. The van der Waals surface area contributed by atoms with Crippen molar-refractivity contribution in [1.29, 1.82) is 0 Å². The Labute approximate surface area is 571 Å². The highest BCUT2D eigenvalue weighted by Gasteiger charge is 2.59. The van der Waals surface area contributed by atoms with Crippen LogP contribution in [0.3, 0.4) is 0 Å². The molecule has 0 aliphatic carbocycles. The third-order valence-corrected chi connectivity index (χ3v) is 19.1. The van der Waals surface area contributed by atoms with E-state index in [1.165, 1.54) is 32.9 Å². The van der Waals surface area contributed by atoms with E-state index in [9.17, 15) is 60.0 Å². The lowest BCUT2D eigenvalue weighted by atomic mass is 9.95. The first-order chi connectivity index (χ1) is 46.7. The van der Waals surface area contributed by atoms with E-state index in [1.54, 1.807) is 31.2 Å². The van der Waals surface area contributed by atoms with Crippen molar-refractivity contribution in [1.82, 2.24) is 0 Å². The van der Waals surface area contributed by atoms with Crippen molar-refractivity contribution in [2.75, 3.05) is 6.61 Å². The molecular formula is C71H114O26. The zero-order valence-electron chi connectivity index (χ0n) is 57.9. The first-order valence-electron chi connectivity index (χ1n) is 36.1. The average molecular weight is 1380 g/mol. The molecule has 0 saturated carbocycles. The largest absolute Gasteiger partial charge is 0.455 e. The molecule has 6 saturated heterocycles. The van der Waals surface area contributed by atoms with E-state index in [1.807, 2.05) is 13.0 Å². The van der Waals surface area contributed by atoms with E-state index >= 15 is 0 Å². The number of carbonyl (C=O) groups is 4. The van der Waals surface area contributed by atoms with E-state index in [2.05, 4.69) is 13.8 Å². The van der Waals surface area contributed by atoms with Crippen LogP contribution in [-0.4, -0.2) is 231 Å². The number of aliphatic hydroxyl groups excluding tert-OH is 8. The maximum Gasteiger partial charge on any atom is 0.331 e. The predicted molar refractivity (Wildman–Crippen MR) is 347 cm³/mol. The van der Waals surface area contributed by atoms with Crippen LogP contribution in [0.2, 0.25) is 0 Å². The van der Waals surface area contributed by atoms with Crippen molar-refractivity contribution >= 4 is 30.0 Å². The normalized spacial score (nSPS) is 38.2. The summed E-state index contributed by atoms with van der Waals surface area (Å²) in [5, 5.41) is 92.4. The number of ether oxygens (including phenoxy) is 14. The summed E-state index contributed by atoms with van der Waals surface area (Å²) >= 11 is 0. The Bertz CT molecular complexity index is 2470. The van der Waals surface area contributed by atoms with Crippen LogP contribution >= 0.6 is 0 Å². The molecule has 0 radical (unpaired) electrons. The Morgan fingerprint density at radius 2 is 1.02 bits per heavy atom. The monoisotopic (exact) mass is 1380 g/mol. The molecule has 7 rings (SSSR count). The van der Waals surface area contributed by atoms with E-state index in [-0.39, 0.29) is 25.4 Å². The molecule has 0 bridgehead atoms. The number of hydrogen-bond acceptors (Lipinski definition) is 26. The lowest BCUT2D eigenvalue weighted by Gasteiger charge is -2.51. The van der Waals surface area contributed by atoms with Gasteiger partial charge in [0.2, 0.25) is 0 Å². The molecule has 26 heteroatoms. The van der Waals surface area contributed by atoms with Crippen molar-refractivity contribution in [2.24, 2.45) is 0 Å². The SMILES string of the molecule is CCCCCCCCCC(=O)O[C@H]1[C@H](O[C@@H]2[C@@H](O)[C@H]3OC(=O)CCCCCCCCC[C@H](CCCCC)O[C@@H]4O[C@H](C)[C@H](O)[C@H](O)[C@H]4O[C@@H]3O[C@H]2C)O[C@@H](C)[C@H](O[C@@H]2O[C@@H](C)[C@H](OC(=O)/C=C/c3ccccc3)[C@@H](OC(=O)CCCCC)[C@H]2O)[C@H]1O[C@@H]1O[C@H](CO)[C@@H](O)[C@H](O)[C@H]1O. The Kier molecular flexibility index (Phi) is 34.2. The zero-order valence-corrected chi connectivity index (χ0v) is 57.9. The van der Waals surface area contributed by atoms with Gasteiger partial charge in [0.15, 0.2) is 55.9 Å². The maximum atomic E-state index is 14.5. The van der Waals surface area contributed by atoms with Crippen molar-refractivity contribution < 1.29 is 126 Å². The molecule has 6 aliphatic heterocycles. The Hall–Kier alpha value is -3.88. The van der Waals surface area contributed by atoms with Crippen molar-refractivity contribution in [3.63, 3.8) is 0 Å². The molecule has 97 heavy (non-hydrogen) atoms. The number of unbranched alkanes of at least 4 members (excludes halogenated alkanes) is 10. The molecule has 6 fully saturated rings. The summed E-state index contributed by atoms with van der Waals surface area (Å²) in [6.07, 6.45) is -20.4. The highest BCUT2D eigenvalue weighted by molar-refractivity contribution is 5.87. The van der Waals surface area contributed by atoms with Gasteiger partial charge < -0.3 is 107 Å². The van der Waals surface area contributed by atoms with Crippen LogP contribution in [-0.2, 0) is 85.5 Å². The van der Waals surface area contributed by atoms with E-state index in [4.69, 9.17) is 66.3 Å². The molecule has 26 nitrogen and oxygen atoms in total. The zero-order chi connectivity index (χ0) is 70.1. The molecule has 0 aromatic heterocycles. The molecular weight excluding hydrogens is 1270 g/mol. The highest BCUT2D eigenvalue weighted by atomic mass is 16.8. The summed E-state index contributed by atoms with van der Waals surface area (Å²) in [6.45, 7) is 11.4. The van der Waals surface area contributed by atoms with Gasteiger partial charge in [-0.2, -0.15) is 0 Å². The van der Waals surface area contributed by atoms with Gasteiger partial charge in [-0.05, 0) is 71.4 Å². The van der Waals surface area contributed by atoms with Gasteiger partial charge in [0.25, 0.3) is 0 Å². The second-order valence-corrected chi connectivity index (χ2v) is 27.0. The van der Waals surface area contributed by atoms with E-state index in [0.717, 1.165) is 96.3 Å². The molecule has 6 aliphatic rings. The molecule has 8 N–H and O–H groups in total. The lowest BCUT2D eigenvalue weighted by Crippen LogP contribution is -2.68. The van der Waals surface area contributed by atoms with Crippen LogP contribution in [0.5, 0.6) is 0 Å². The molecule has 0 amide bonds. The standard InChI is InChI=1S/C71H114O26/c1-8-11-14-15-17-21-30-37-50(75)93-66-65(97-67-56(81)54(79)53(78)47(40-72)89-67)61(95-68-58(83)62(91-48(73)35-25-13-10-3)60(43(6)85-68)90-51(76)39-38-45-31-26-23-27-32-45)44(7)87-71(66)94-59-42(5)86-70-64(57(59)82)92-49(74)36-29-22-19-16-18-20-28-34-46(33-24-12-9-2)88-69-63(96-70)55(80)52(77)41(4)84-69/h23,26-27,31-32,38-39,41-44,46-47,52-72,77-83H,8-22,24-25,28-30,33-37,40H2,1-7H3/b39-38+/t41-,42+,43+,44+,46+,47-,52+,53-,54+,55+,56-,57-,58-,59+,60+,61+,62+,63-,64-,65-,66-,67+,68+,69+,70+,71+/m1/s1. The minimum absolute atomic E-state index is 0.0461. The van der Waals surface area contributed by atoms with Crippen LogP contribution in [0.1, 0.15) is 215 Å². The van der Waals surface area contributed by atoms with Gasteiger partial charge in [0, 0.05) is 25.3 Å². The summed E-state index contributed by atoms with van der Waals surface area (Å²) in [7, 11) is 0. The molecule has 554 valence electrons. The minimum Gasteiger partial charge on any atom is -0.455 e. The van der Waals surface area contributed by atoms with Crippen molar-refractivity contribution in [3.05, 3.63) is 42.0 Å². The summed E-state index contributed by atoms with van der Waals surface area (Å²) in [5.41, 5.74) is 0.687. The predicted octanol–water partition coefficient (Wildman–Crippen LogP) is 6.32. The summed E-state index contributed by atoms with van der Waals surface area (Å²) in [6, 6.07) is 8.93. The molecule has 1 aromatic rings. The smallest absolute Gasteiger partial charge is 0.331 e. The number of esters is 4. The molecule has 6 heterocycles. The first kappa shape index (κ1) is 80.4. The van der Waals surface area contributed by atoms with Gasteiger partial charge in [-0.3, -0.25) is 14.4 Å². The number of carbonyl (C=O) groups excluding carboxylic acids is 4. The first-order valence-corrected chi connectivity index (χ1v) is 36.1. The van der Waals surface area contributed by atoms with Crippen molar-refractivity contribution in [3.8, 4) is 0 Å². The lowest BCUT2D eigenvalue weighted by molar-refractivity contribution is -0.400. The summed E-state index contributed by atoms with van der Waals surface area (Å²) < 4.78 is 89.3. The van der Waals surface area contributed by atoms with Gasteiger partial charge >= 0.3 is 23.9 Å². The number of hydrogen-bond donors (Lipinski definition) is 8. The number of benzene rings is 1. The summed E-state index contributed by atoms with van der Waals surface area (Å²) in [4.78, 5) is 55.6. The average Bonchev–Trinajstić information content (AvgIpc) is 0.766. The van der Waals surface area contributed by atoms with Crippen LogP contribution in [0, 0.1) is 0 Å². The van der Waals surface area contributed by atoms with Gasteiger partial charge in [-0.1, -0.05) is 160 Å². The molecule has 0 spiro atoms. The topological polar surface area (TPSA) is 359 Å². The quantitative estimate of drug-likeness (QED) is 0.0197. The second kappa shape index (κ2) is 41.3. The number of fused-ring (bicyclic) bond motifs is 2. The third kappa shape index (κ3) is 23.6. The van der Waals surface area contributed by atoms with E-state index in [0.29, 0.717) is 50.5 Å². The van der Waals surface area contributed by atoms with Gasteiger partial charge in [-0.25, -0.2) is 4.79 Å². The van der Waals surface area contributed by atoms with Crippen molar-refractivity contribution in [2.45, 2.75) is 369 Å². The van der Waals surface area contributed by atoms with Gasteiger partial charge in [-0.15, -0.1) is 0 Å². The van der Waals surface area contributed by atoms with Gasteiger partial charge in [0.1, 0.15) is 73.2 Å².